The summed E-state index contributed by atoms with van der Waals surface area (Å²) in [5.74, 6) is 1.68. The number of Topliss-reactive ketones (excluding diaryl/α,β-unsaturated/α-hetero) is 2. The second-order valence-electron chi connectivity index (χ2n) is 5.56. The summed E-state index contributed by atoms with van der Waals surface area (Å²) in [5.41, 5.74) is 0. The molecule has 2 aliphatic carbocycles. The summed E-state index contributed by atoms with van der Waals surface area (Å²) < 4.78 is 0. The van der Waals surface area contributed by atoms with Gasteiger partial charge in [0, 0.05) is 25.2 Å². The van der Waals surface area contributed by atoms with Gasteiger partial charge >= 0.3 is 0 Å². The number of hydrogen-bond acceptors (Lipinski definition) is 2. The Morgan fingerprint density at radius 2 is 1.94 bits per heavy atom. The third-order valence-electron chi connectivity index (χ3n) is 4.38. The Labute approximate surface area is 103 Å². The standard InChI is InChI=1S/C15H22O2/c1-2-5-11-6-4-9-14(17)15(11)12-7-3-8-13(16)10-12/h2,11-12,15H,1,3-10H2. The fourth-order valence-electron chi connectivity index (χ4n) is 3.64. The van der Waals surface area contributed by atoms with E-state index >= 15 is 0 Å². The summed E-state index contributed by atoms with van der Waals surface area (Å²) in [6.45, 7) is 3.80. The molecule has 2 rings (SSSR count). The van der Waals surface area contributed by atoms with Crippen LogP contribution in [0.5, 0.6) is 0 Å². The van der Waals surface area contributed by atoms with Crippen molar-refractivity contribution in [2.45, 2.75) is 51.4 Å². The maximum absolute atomic E-state index is 12.1. The average Bonchev–Trinajstić information content (AvgIpc) is 2.29. The molecule has 0 aromatic carbocycles. The lowest BCUT2D eigenvalue weighted by atomic mass is 9.66. The molecule has 0 spiro atoms. The van der Waals surface area contributed by atoms with E-state index in [0.717, 1.165) is 44.9 Å². The van der Waals surface area contributed by atoms with Gasteiger partial charge in [0.05, 0.1) is 0 Å². The van der Waals surface area contributed by atoms with Gasteiger partial charge in [0.1, 0.15) is 11.6 Å². The van der Waals surface area contributed by atoms with E-state index in [1.54, 1.807) is 0 Å². The van der Waals surface area contributed by atoms with Crippen LogP contribution in [-0.4, -0.2) is 11.6 Å². The number of rotatable bonds is 3. The highest BCUT2D eigenvalue weighted by Crippen LogP contribution is 2.40. The van der Waals surface area contributed by atoms with E-state index in [9.17, 15) is 9.59 Å². The molecule has 0 radical (unpaired) electrons. The molecule has 0 aromatic heterocycles. The Bertz CT molecular complexity index is 319. The summed E-state index contributed by atoms with van der Waals surface area (Å²) in [4.78, 5) is 23.7. The van der Waals surface area contributed by atoms with E-state index in [1.165, 1.54) is 0 Å². The van der Waals surface area contributed by atoms with Gasteiger partial charge in [-0.05, 0) is 43.9 Å². The molecule has 2 fully saturated rings. The first-order valence-corrected chi connectivity index (χ1v) is 6.87. The largest absolute Gasteiger partial charge is 0.300 e. The van der Waals surface area contributed by atoms with Crippen molar-refractivity contribution in [3.05, 3.63) is 12.7 Å². The Balaban J connectivity index is 2.09. The van der Waals surface area contributed by atoms with Gasteiger partial charge in [-0.3, -0.25) is 9.59 Å². The number of carbonyl (C=O) groups is 2. The molecule has 0 bridgehead atoms. The normalized spacial score (nSPS) is 34.7. The van der Waals surface area contributed by atoms with Gasteiger partial charge in [0.15, 0.2) is 0 Å². The maximum Gasteiger partial charge on any atom is 0.136 e. The van der Waals surface area contributed by atoms with E-state index in [-0.39, 0.29) is 5.92 Å². The molecule has 2 aliphatic rings. The van der Waals surface area contributed by atoms with Crippen LogP contribution in [0.1, 0.15) is 51.4 Å². The lowest BCUT2D eigenvalue weighted by molar-refractivity contribution is -0.131. The zero-order chi connectivity index (χ0) is 12.3. The fourth-order valence-corrected chi connectivity index (χ4v) is 3.64. The molecule has 0 aliphatic heterocycles. The van der Waals surface area contributed by atoms with Gasteiger partial charge in [0.2, 0.25) is 0 Å². The summed E-state index contributed by atoms with van der Waals surface area (Å²) in [5, 5.41) is 0. The highest BCUT2D eigenvalue weighted by atomic mass is 16.1. The van der Waals surface area contributed by atoms with Crippen LogP contribution >= 0.6 is 0 Å². The van der Waals surface area contributed by atoms with E-state index in [4.69, 9.17) is 0 Å². The third kappa shape index (κ3) is 2.85. The Hall–Kier alpha value is -0.920. The number of ketones is 2. The Morgan fingerprint density at radius 1 is 1.18 bits per heavy atom. The first-order valence-electron chi connectivity index (χ1n) is 6.87. The molecular formula is C15H22O2. The third-order valence-corrected chi connectivity index (χ3v) is 4.38. The van der Waals surface area contributed by atoms with E-state index < -0.39 is 0 Å². The predicted molar refractivity (Wildman–Crippen MR) is 67.6 cm³/mol. The topological polar surface area (TPSA) is 34.1 Å². The molecule has 3 atom stereocenters. The fraction of sp³-hybridized carbons (Fsp3) is 0.733. The molecule has 0 aromatic rings. The highest BCUT2D eigenvalue weighted by molar-refractivity contribution is 5.84. The summed E-state index contributed by atoms with van der Waals surface area (Å²) in [6.07, 6.45) is 9.16. The number of carbonyl (C=O) groups excluding carboxylic acids is 2. The molecule has 2 heteroatoms. The van der Waals surface area contributed by atoms with Crippen molar-refractivity contribution in [1.82, 2.24) is 0 Å². The number of allylic oxidation sites excluding steroid dienone is 1. The highest BCUT2D eigenvalue weighted by Gasteiger charge is 2.38. The zero-order valence-electron chi connectivity index (χ0n) is 10.5. The average molecular weight is 234 g/mol. The van der Waals surface area contributed by atoms with E-state index in [0.29, 0.717) is 29.8 Å². The monoisotopic (exact) mass is 234 g/mol. The van der Waals surface area contributed by atoms with Gasteiger partial charge in [-0.1, -0.05) is 6.08 Å². The molecular weight excluding hydrogens is 212 g/mol. The molecule has 2 nitrogen and oxygen atoms in total. The van der Waals surface area contributed by atoms with Crippen LogP contribution in [0.2, 0.25) is 0 Å². The van der Waals surface area contributed by atoms with Crippen LogP contribution in [0.15, 0.2) is 12.7 Å². The zero-order valence-corrected chi connectivity index (χ0v) is 10.5. The predicted octanol–water partition coefficient (Wildman–Crippen LogP) is 3.31. The van der Waals surface area contributed by atoms with Gasteiger partial charge in [-0.2, -0.15) is 0 Å². The van der Waals surface area contributed by atoms with E-state index in [1.807, 2.05) is 6.08 Å². The first-order chi connectivity index (χ1) is 8.22. The second-order valence-corrected chi connectivity index (χ2v) is 5.56. The minimum absolute atomic E-state index is 0.144. The number of hydrogen-bond donors (Lipinski definition) is 0. The van der Waals surface area contributed by atoms with Gasteiger partial charge < -0.3 is 0 Å². The van der Waals surface area contributed by atoms with Crippen molar-refractivity contribution < 1.29 is 9.59 Å². The van der Waals surface area contributed by atoms with Crippen LogP contribution in [0.3, 0.4) is 0 Å². The van der Waals surface area contributed by atoms with Crippen molar-refractivity contribution in [2.75, 3.05) is 0 Å². The first kappa shape index (κ1) is 12.5. The molecule has 3 unspecified atom stereocenters. The lowest BCUT2D eigenvalue weighted by Crippen LogP contribution is -2.36. The van der Waals surface area contributed by atoms with Crippen LogP contribution in [0, 0.1) is 17.8 Å². The van der Waals surface area contributed by atoms with Crippen LogP contribution in [0.25, 0.3) is 0 Å². The minimum Gasteiger partial charge on any atom is -0.300 e. The molecule has 17 heavy (non-hydrogen) atoms. The van der Waals surface area contributed by atoms with Crippen molar-refractivity contribution >= 4 is 11.6 Å². The summed E-state index contributed by atoms with van der Waals surface area (Å²) in [6, 6.07) is 0. The maximum atomic E-state index is 12.1. The lowest BCUT2D eigenvalue weighted by Gasteiger charge is -2.37. The van der Waals surface area contributed by atoms with Crippen molar-refractivity contribution in [1.29, 1.82) is 0 Å². The van der Waals surface area contributed by atoms with Gasteiger partial charge in [-0.25, -0.2) is 0 Å². The van der Waals surface area contributed by atoms with Gasteiger partial charge in [0.25, 0.3) is 0 Å². The molecule has 0 saturated heterocycles. The summed E-state index contributed by atoms with van der Waals surface area (Å²) >= 11 is 0. The Morgan fingerprint density at radius 3 is 2.65 bits per heavy atom. The van der Waals surface area contributed by atoms with Crippen LogP contribution < -0.4 is 0 Å². The summed E-state index contributed by atoms with van der Waals surface area (Å²) in [7, 11) is 0. The molecule has 2 saturated carbocycles. The van der Waals surface area contributed by atoms with Crippen molar-refractivity contribution in [2.24, 2.45) is 17.8 Å². The molecule has 0 amide bonds. The van der Waals surface area contributed by atoms with Crippen molar-refractivity contribution in [3.8, 4) is 0 Å². The molecule has 0 N–H and O–H groups in total. The SMILES string of the molecule is C=CCC1CCCC(=O)C1C1CCCC(=O)C1. The minimum atomic E-state index is 0.144. The van der Waals surface area contributed by atoms with E-state index in [2.05, 4.69) is 6.58 Å². The van der Waals surface area contributed by atoms with Crippen LogP contribution in [-0.2, 0) is 9.59 Å². The Kier molecular flexibility index (Phi) is 4.14. The van der Waals surface area contributed by atoms with Crippen LogP contribution in [0.4, 0.5) is 0 Å². The molecule has 0 heterocycles. The second kappa shape index (κ2) is 5.61. The van der Waals surface area contributed by atoms with Gasteiger partial charge in [-0.15, -0.1) is 6.58 Å². The molecule has 94 valence electrons. The smallest absolute Gasteiger partial charge is 0.136 e. The van der Waals surface area contributed by atoms with Crippen molar-refractivity contribution in [3.63, 3.8) is 0 Å². The quantitative estimate of drug-likeness (QED) is 0.702.